The Morgan fingerprint density at radius 3 is 2.12 bits per heavy atom. The predicted molar refractivity (Wildman–Crippen MR) is 190 cm³/mol. The van der Waals surface area contributed by atoms with Crippen LogP contribution in [-0.4, -0.2) is 17.6 Å². The highest BCUT2D eigenvalue weighted by molar-refractivity contribution is 5.96. The summed E-state index contributed by atoms with van der Waals surface area (Å²) in [5, 5.41) is 6.18. The largest absolute Gasteiger partial charge is 0.364 e. The van der Waals surface area contributed by atoms with Crippen molar-refractivity contribution in [1.82, 2.24) is 10.2 Å². The van der Waals surface area contributed by atoms with Crippen molar-refractivity contribution in [2.24, 2.45) is 0 Å². The van der Waals surface area contributed by atoms with Crippen LogP contribution in [0.3, 0.4) is 0 Å². The molecule has 2 heteroatoms. The maximum atomic E-state index is 4.17. The Kier molecular flexibility index (Phi) is 9.71. The first kappa shape index (κ1) is 29.4. The van der Waals surface area contributed by atoms with Crippen LogP contribution in [0.5, 0.6) is 0 Å². The molecule has 2 aliphatic rings. The lowest BCUT2D eigenvalue weighted by Gasteiger charge is -2.30. The summed E-state index contributed by atoms with van der Waals surface area (Å²) >= 11 is 0. The Hall–Kier alpha value is -5.08. The smallest absolute Gasteiger partial charge is 0.0985 e. The highest BCUT2D eigenvalue weighted by atomic mass is 15.3. The summed E-state index contributed by atoms with van der Waals surface area (Å²) in [4.78, 5) is 2.43. The SMILES string of the molecule is C=C/C=C(/C=C/C=C\C=C\C(=C\C=C)c1cccc2ccccc12)c1ccc(C2=CN3CCCCC3N2)c(C=C)c1C=C. The molecule has 0 saturated carbocycles. The average Bonchev–Trinajstić information content (AvgIpc) is 3.48. The molecule has 43 heavy (non-hydrogen) atoms. The number of rotatable bonds is 11. The molecule has 2 heterocycles. The fourth-order valence-electron chi connectivity index (χ4n) is 6.00. The van der Waals surface area contributed by atoms with Gasteiger partial charge in [0.15, 0.2) is 0 Å². The monoisotopic (exact) mass is 560 g/mol. The van der Waals surface area contributed by atoms with E-state index in [9.17, 15) is 0 Å². The van der Waals surface area contributed by atoms with Crippen molar-refractivity contribution in [3.8, 4) is 0 Å². The topological polar surface area (TPSA) is 15.3 Å². The molecular weight excluding hydrogens is 520 g/mol. The molecule has 1 atom stereocenters. The van der Waals surface area contributed by atoms with E-state index in [1.165, 1.54) is 35.6 Å². The minimum Gasteiger partial charge on any atom is -0.364 e. The number of nitrogens with one attached hydrogen (secondary N) is 1. The van der Waals surface area contributed by atoms with E-state index in [2.05, 4.69) is 122 Å². The van der Waals surface area contributed by atoms with Gasteiger partial charge in [0, 0.05) is 18.3 Å². The fraction of sp³-hybridized carbons (Fsp3) is 0.122. The van der Waals surface area contributed by atoms with Crippen LogP contribution < -0.4 is 5.32 Å². The molecule has 1 saturated heterocycles. The lowest BCUT2D eigenvalue weighted by atomic mass is 9.90. The van der Waals surface area contributed by atoms with Gasteiger partial charge in [0.05, 0.1) is 11.9 Å². The van der Waals surface area contributed by atoms with Crippen molar-refractivity contribution in [3.05, 3.63) is 176 Å². The third kappa shape index (κ3) is 6.55. The quantitative estimate of drug-likeness (QED) is 0.235. The first-order valence-corrected chi connectivity index (χ1v) is 15.0. The lowest BCUT2D eigenvalue weighted by molar-refractivity contribution is 0.216. The molecule has 0 amide bonds. The molecule has 0 radical (unpaired) electrons. The van der Waals surface area contributed by atoms with Crippen molar-refractivity contribution in [1.29, 1.82) is 0 Å². The van der Waals surface area contributed by atoms with E-state index in [4.69, 9.17) is 0 Å². The molecule has 1 N–H and O–H groups in total. The van der Waals surface area contributed by atoms with Gasteiger partial charge in [-0.15, -0.1) is 0 Å². The Morgan fingerprint density at radius 1 is 0.721 bits per heavy atom. The summed E-state index contributed by atoms with van der Waals surface area (Å²) in [5.74, 6) is 0. The summed E-state index contributed by atoms with van der Waals surface area (Å²) < 4.78 is 0. The molecule has 3 aromatic carbocycles. The normalized spacial score (nSPS) is 17.3. The average molecular weight is 561 g/mol. The molecule has 214 valence electrons. The lowest BCUT2D eigenvalue weighted by Crippen LogP contribution is -2.39. The Bertz CT molecular complexity index is 1710. The van der Waals surface area contributed by atoms with E-state index in [1.807, 2.05) is 48.6 Å². The molecule has 5 rings (SSSR count). The standard InChI is InChI=1S/C41H40N2/c1-5-18-31(37-25-17-23-33-22-13-14-24-36(33)37)20-11-9-10-12-21-32(19-6-2)38-27-28-39(35(8-4)34(38)7-3)40-30-43-29-16-15-26-41(43)42-40/h5-14,17-25,27-28,30,41-42H,1-4,15-16,26,29H2/b10-9-,20-11+,21-12+,31-18-,32-19-. The van der Waals surface area contributed by atoms with E-state index in [1.54, 1.807) is 0 Å². The van der Waals surface area contributed by atoms with Crippen molar-refractivity contribution < 1.29 is 0 Å². The molecule has 0 aromatic heterocycles. The van der Waals surface area contributed by atoms with Gasteiger partial charge >= 0.3 is 0 Å². The second-order valence-electron chi connectivity index (χ2n) is 10.7. The first-order valence-electron chi connectivity index (χ1n) is 15.0. The van der Waals surface area contributed by atoms with E-state index in [-0.39, 0.29) is 0 Å². The number of allylic oxidation sites excluding steroid dienone is 12. The van der Waals surface area contributed by atoms with Crippen LogP contribution in [0.2, 0.25) is 0 Å². The van der Waals surface area contributed by atoms with Crippen LogP contribution in [-0.2, 0) is 0 Å². The molecular formula is C41H40N2. The Labute approximate surface area is 257 Å². The Balaban J connectivity index is 1.37. The number of hydrogen-bond donors (Lipinski definition) is 1. The summed E-state index contributed by atoms with van der Waals surface area (Å²) in [6.07, 6.45) is 30.4. The second-order valence-corrected chi connectivity index (χ2v) is 10.7. The van der Waals surface area contributed by atoms with Crippen LogP contribution in [0.15, 0.2) is 148 Å². The van der Waals surface area contributed by atoms with Gasteiger partial charge in [0.25, 0.3) is 0 Å². The molecule has 0 spiro atoms. The van der Waals surface area contributed by atoms with Crippen LogP contribution in [0, 0.1) is 0 Å². The van der Waals surface area contributed by atoms with Gasteiger partial charge in [0.1, 0.15) is 0 Å². The van der Waals surface area contributed by atoms with Crippen molar-refractivity contribution in [2.45, 2.75) is 25.4 Å². The summed E-state index contributed by atoms with van der Waals surface area (Å²) in [6.45, 7) is 17.3. The number of fused-ring (bicyclic) bond motifs is 2. The van der Waals surface area contributed by atoms with Gasteiger partial charge in [-0.3, -0.25) is 0 Å². The van der Waals surface area contributed by atoms with E-state index >= 15 is 0 Å². The molecule has 1 fully saturated rings. The molecule has 2 nitrogen and oxygen atoms in total. The molecule has 3 aromatic rings. The highest BCUT2D eigenvalue weighted by Crippen LogP contribution is 2.34. The van der Waals surface area contributed by atoms with E-state index < -0.39 is 0 Å². The van der Waals surface area contributed by atoms with E-state index in [0.717, 1.165) is 45.6 Å². The van der Waals surface area contributed by atoms with Gasteiger partial charge in [-0.1, -0.05) is 154 Å². The fourth-order valence-corrected chi connectivity index (χ4v) is 6.00. The van der Waals surface area contributed by atoms with Gasteiger partial charge in [-0.05, 0) is 63.4 Å². The zero-order valence-corrected chi connectivity index (χ0v) is 24.9. The summed E-state index contributed by atoms with van der Waals surface area (Å²) in [7, 11) is 0. The number of nitrogens with zero attached hydrogens (tertiary/aromatic N) is 1. The third-order valence-corrected chi connectivity index (χ3v) is 8.04. The molecule has 0 bridgehead atoms. The number of hydrogen-bond acceptors (Lipinski definition) is 2. The van der Waals surface area contributed by atoms with Gasteiger partial charge in [-0.25, -0.2) is 0 Å². The number of piperidine rings is 1. The van der Waals surface area contributed by atoms with Gasteiger partial charge < -0.3 is 10.2 Å². The van der Waals surface area contributed by atoms with Crippen LogP contribution in [0.4, 0.5) is 0 Å². The van der Waals surface area contributed by atoms with Gasteiger partial charge in [0.2, 0.25) is 0 Å². The van der Waals surface area contributed by atoms with Crippen molar-refractivity contribution >= 4 is 39.8 Å². The van der Waals surface area contributed by atoms with Crippen molar-refractivity contribution in [3.63, 3.8) is 0 Å². The van der Waals surface area contributed by atoms with Crippen LogP contribution in [0.1, 0.15) is 47.1 Å². The molecule has 0 aliphatic carbocycles. The third-order valence-electron chi connectivity index (χ3n) is 8.04. The zero-order valence-electron chi connectivity index (χ0n) is 24.9. The number of benzene rings is 3. The molecule has 2 aliphatic heterocycles. The minimum atomic E-state index is 0.392. The summed E-state index contributed by atoms with van der Waals surface area (Å²) in [6, 6.07) is 19.2. The Morgan fingerprint density at radius 2 is 1.42 bits per heavy atom. The first-order chi connectivity index (χ1) is 21.2. The predicted octanol–water partition coefficient (Wildman–Crippen LogP) is 10.3. The maximum absolute atomic E-state index is 4.17. The minimum absolute atomic E-state index is 0.392. The highest BCUT2D eigenvalue weighted by Gasteiger charge is 2.27. The molecule has 1 unspecified atom stereocenters. The van der Waals surface area contributed by atoms with Crippen molar-refractivity contribution in [2.75, 3.05) is 6.54 Å². The second kappa shape index (κ2) is 14.2. The van der Waals surface area contributed by atoms with Gasteiger partial charge in [-0.2, -0.15) is 0 Å². The van der Waals surface area contributed by atoms with E-state index in [0.29, 0.717) is 6.17 Å². The summed E-state index contributed by atoms with van der Waals surface area (Å²) in [5.41, 5.74) is 8.92. The zero-order chi connectivity index (χ0) is 30.0. The maximum Gasteiger partial charge on any atom is 0.0985 e. The van der Waals surface area contributed by atoms with Crippen LogP contribution >= 0.6 is 0 Å². The van der Waals surface area contributed by atoms with Crippen LogP contribution in [0.25, 0.3) is 39.8 Å².